The number of urea groups is 1. The Kier molecular flexibility index (Phi) is 6.12. The zero-order chi connectivity index (χ0) is 14.4. The first-order valence-electron chi connectivity index (χ1n) is 7.23. The van der Waals surface area contributed by atoms with Gasteiger partial charge in [0.15, 0.2) is 0 Å². The molecule has 0 aliphatic heterocycles. The minimum Gasteiger partial charge on any atom is -0.480 e. The second-order valence-electron chi connectivity index (χ2n) is 5.79. The molecule has 2 amide bonds. The highest BCUT2D eigenvalue weighted by Crippen LogP contribution is 2.23. The summed E-state index contributed by atoms with van der Waals surface area (Å²) < 4.78 is 0. The van der Waals surface area contributed by atoms with Crippen molar-refractivity contribution in [2.45, 2.75) is 65.0 Å². The first kappa shape index (κ1) is 15.8. The average molecular weight is 270 g/mol. The number of carbonyl (C=O) groups excluding carboxylic acids is 1. The van der Waals surface area contributed by atoms with Gasteiger partial charge in [0, 0.05) is 6.04 Å². The topological polar surface area (TPSA) is 78.4 Å². The van der Waals surface area contributed by atoms with Gasteiger partial charge in [-0.2, -0.15) is 0 Å². The summed E-state index contributed by atoms with van der Waals surface area (Å²) in [6.07, 6.45) is 5.02. The van der Waals surface area contributed by atoms with E-state index in [1.165, 1.54) is 6.42 Å². The molecule has 0 radical (unpaired) electrons. The van der Waals surface area contributed by atoms with Crippen molar-refractivity contribution in [3.63, 3.8) is 0 Å². The largest absolute Gasteiger partial charge is 0.480 e. The van der Waals surface area contributed by atoms with Crippen LogP contribution in [0.25, 0.3) is 0 Å². The molecule has 0 aromatic heterocycles. The van der Waals surface area contributed by atoms with Crippen molar-refractivity contribution < 1.29 is 14.7 Å². The highest BCUT2D eigenvalue weighted by atomic mass is 16.4. The molecule has 0 bridgehead atoms. The summed E-state index contributed by atoms with van der Waals surface area (Å²) in [7, 11) is 0. The van der Waals surface area contributed by atoms with Crippen LogP contribution >= 0.6 is 0 Å². The van der Waals surface area contributed by atoms with Crippen LogP contribution < -0.4 is 10.6 Å². The molecular weight excluding hydrogens is 244 g/mol. The standard InChI is InChI=1S/C14H26N2O3/c1-4-10(3)12(13(17)18)16-14(19)15-11-7-5-6-9(2)8-11/h9-12H,4-8H2,1-3H3,(H,17,18)(H2,15,16,19). The van der Waals surface area contributed by atoms with E-state index in [0.717, 1.165) is 25.7 Å². The number of rotatable bonds is 5. The fraction of sp³-hybridized carbons (Fsp3) is 0.857. The van der Waals surface area contributed by atoms with Gasteiger partial charge >= 0.3 is 12.0 Å². The first-order chi connectivity index (χ1) is 8.93. The summed E-state index contributed by atoms with van der Waals surface area (Å²) in [5.74, 6) is -0.418. The molecule has 5 nitrogen and oxygen atoms in total. The molecule has 19 heavy (non-hydrogen) atoms. The van der Waals surface area contributed by atoms with Crippen LogP contribution in [0, 0.1) is 11.8 Å². The Morgan fingerprint density at radius 1 is 1.37 bits per heavy atom. The molecule has 110 valence electrons. The van der Waals surface area contributed by atoms with E-state index < -0.39 is 12.0 Å². The Hall–Kier alpha value is -1.26. The third-order valence-corrected chi connectivity index (χ3v) is 4.04. The summed E-state index contributed by atoms with van der Waals surface area (Å²) in [6, 6.07) is -0.993. The van der Waals surface area contributed by atoms with Crippen LogP contribution in [0.3, 0.4) is 0 Å². The summed E-state index contributed by atoms with van der Waals surface area (Å²) >= 11 is 0. The number of carboxylic acid groups (broad SMARTS) is 1. The lowest BCUT2D eigenvalue weighted by Crippen LogP contribution is -2.52. The average Bonchev–Trinajstić information content (AvgIpc) is 2.34. The Morgan fingerprint density at radius 3 is 2.58 bits per heavy atom. The third kappa shape index (κ3) is 5.09. The van der Waals surface area contributed by atoms with E-state index in [2.05, 4.69) is 17.6 Å². The van der Waals surface area contributed by atoms with Crippen molar-refractivity contribution in [2.24, 2.45) is 11.8 Å². The van der Waals surface area contributed by atoms with Crippen molar-refractivity contribution >= 4 is 12.0 Å². The lowest BCUT2D eigenvalue weighted by atomic mass is 9.87. The first-order valence-corrected chi connectivity index (χ1v) is 7.23. The van der Waals surface area contributed by atoms with E-state index in [1.807, 2.05) is 13.8 Å². The number of hydrogen-bond acceptors (Lipinski definition) is 2. The highest BCUT2D eigenvalue weighted by Gasteiger charge is 2.27. The van der Waals surface area contributed by atoms with Gasteiger partial charge in [-0.15, -0.1) is 0 Å². The summed E-state index contributed by atoms with van der Waals surface area (Å²) in [5, 5.41) is 14.6. The summed E-state index contributed by atoms with van der Waals surface area (Å²) in [6.45, 7) is 5.94. The maximum Gasteiger partial charge on any atom is 0.326 e. The van der Waals surface area contributed by atoms with E-state index in [0.29, 0.717) is 5.92 Å². The number of carboxylic acids is 1. The summed E-state index contributed by atoms with van der Waals surface area (Å²) in [4.78, 5) is 23.0. The second kappa shape index (κ2) is 7.36. The van der Waals surface area contributed by atoms with Crippen LogP contribution in [0.15, 0.2) is 0 Å². The Morgan fingerprint density at radius 2 is 2.05 bits per heavy atom. The molecule has 1 fully saturated rings. The van der Waals surface area contributed by atoms with E-state index in [1.54, 1.807) is 0 Å². The van der Waals surface area contributed by atoms with E-state index in [9.17, 15) is 9.59 Å². The maximum atomic E-state index is 11.9. The van der Waals surface area contributed by atoms with Gasteiger partial charge in [0.05, 0.1) is 0 Å². The Balaban J connectivity index is 2.46. The molecule has 1 rings (SSSR count). The number of nitrogens with one attached hydrogen (secondary N) is 2. The normalized spacial score (nSPS) is 26.3. The van der Waals surface area contributed by atoms with Gasteiger partial charge in [0.2, 0.25) is 0 Å². The molecule has 1 aliphatic carbocycles. The lowest BCUT2D eigenvalue weighted by molar-refractivity contribution is -0.140. The third-order valence-electron chi connectivity index (χ3n) is 4.04. The van der Waals surface area contributed by atoms with Crippen molar-refractivity contribution in [1.29, 1.82) is 0 Å². The maximum absolute atomic E-state index is 11.9. The van der Waals surface area contributed by atoms with Crippen molar-refractivity contribution in [3.8, 4) is 0 Å². The zero-order valence-corrected chi connectivity index (χ0v) is 12.1. The molecule has 0 aromatic carbocycles. The number of aliphatic carboxylic acids is 1. The van der Waals surface area contributed by atoms with E-state index in [4.69, 9.17) is 5.11 Å². The van der Waals surface area contributed by atoms with Crippen LogP contribution in [0.1, 0.15) is 52.9 Å². The lowest BCUT2D eigenvalue weighted by Gasteiger charge is -2.28. The SMILES string of the molecule is CCC(C)C(NC(=O)NC1CCCC(C)C1)C(=O)O. The quantitative estimate of drug-likeness (QED) is 0.717. The smallest absolute Gasteiger partial charge is 0.326 e. The van der Waals surface area contributed by atoms with Crippen LogP contribution in [0.4, 0.5) is 4.79 Å². The second-order valence-corrected chi connectivity index (χ2v) is 5.79. The number of carbonyl (C=O) groups is 2. The van der Waals surface area contributed by atoms with Crippen molar-refractivity contribution in [3.05, 3.63) is 0 Å². The highest BCUT2D eigenvalue weighted by molar-refractivity contribution is 5.82. The van der Waals surface area contributed by atoms with Crippen LogP contribution in [-0.4, -0.2) is 29.2 Å². The van der Waals surface area contributed by atoms with Crippen LogP contribution in [0.5, 0.6) is 0 Å². The Bertz CT molecular complexity index is 320. The molecule has 0 aromatic rings. The van der Waals surface area contributed by atoms with Crippen LogP contribution in [-0.2, 0) is 4.79 Å². The van der Waals surface area contributed by atoms with Gasteiger partial charge < -0.3 is 15.7 Å². The van der Waals surface area contributed by atoms with Gasteiger partial charge in [-0.3, -0.25) is 0 Å². The molecule has 3 N–H and O–H groups in total. The monoisotopic (exact) mass is 270 g/mol. The number of amides is 2. The molecule has 4 unspecified atom stereocenters. The number of hydrogen-bond donors (Lipinski definition) is 3. The molecule has 0 spiro atoms. The minimum absolute atomic E-state index is 0.0754. The zero-order valence-electron chi connectivity index (χ0n) is 12.1. The van der Waals surface area contributed by atoms with Gasteiger partial charge in [0.1, 0.15) is 6.04 Å². The molecule has 4 atom stereocenters. The predicted octanol–water partition coefficient (Wildman–Crippen LogP) is 2.36. The fourth-order valence-corrected chi connectivity index (χ4v) is 2.62. The molecule has 5 heteroatoms. The van der Waals surface area contributed by atoms with Gasteiger partial charge in [-0.1, -0.05) is 40.0 Å². The van der Waals surface area contributed by atoms with Crippen molar-refractivity contribution in [1.82, 2.24) is 10.6 Å². The minimum atomic E-state index is -0.971. The van der Waals surface area contributed by atoms with Gasteiger partial charge in [0.25, 0.3) is 0 Å². The van der Waals surface area contributed by atoms with Gasteiger partial charge in [-0.25, -0.2) is 9.59 Å². The summed E-state index contributed by atoms with van der Waals surface area (Å²) in [5.41, 5.74) is 0. The van der Waals surface area contributed by atoms with Crippen LogP contribution in [0.2, 0.25) is 0 Å². The Labute approximate surface area is 115 Å². The fourth-order valence-electron chi connectivity index (χ4n) is 2.62. The molecular formula is C14H26N2O3. The molecule has 0 heterocycles. The molecule has 1 saturated carbocycles. The predicted molar refractivity (Wildman–Crippen MR) is 74.0 cm³/mol. The molecule has 0 saturated heterocycles. The van der Waals surface area contributed by atoms with Gasteiger partial charge in [-0.05, 0) is 24.7 Å². The van der Waals surface area contributed by atoms with E-state index in [-0.39, 0.29) is 18.0 Å². The van der Waals surface area contributed by atoms with E-state index >= 15 is 0 Å². The van der Waals surface area contributed by atoms with Crippen molar-refractivity contribution in [2.75, 3.05) is 0 Å². The molecule has 1 aliphatic rings.